The van der Waals surface area contributed by atoms with Crippen molar-refractivity contribution in [2.75, 3.05) is 30.3 Å². The van der Waals surface area contributed by atoms with Crippen molar-refractivity contribution in [1.82, 2.24) is 4.98 Å². The highest BCUT2D eigenvalue weighted by Gasteiger charge is 2.03. The second-order valence-electron chi connectivity index (χ2n) is 3.10. The normalized spacial score (nSPS) is 10.1. The predicted molar refractivity (Wildman–Crippen MR) is 58.2 cm³/mol. The molecule has 4 heteroatoms. The van der Waals surface area contributed by atoms with Crippen LogP contribution in [0, 0.1) is 0 Å². The Morgan fingerprint density at radius 1 is 1.50 bits per heavy atom. The Bertz CT molecular complexity index is 261. The molecule has 1 aromatic rings. The maximum absolute atomic E-state index is 8.74. The van der Waals surface area contributed by atoms with Gasteiger partial charge in [-0.2, -0.15) is 0 Å². The van der Waals surface area contributed by atoms with Crippen molar-refractivity contribution in [1.29, 1.82) is 0 Å². The summed E-state index contributed by atoms with van der Waals surface area (Å²) in [6.07, 6.45) is 2.54. The van der Waals surface area contributed by atoms with Gasteiger partial charge < -0.3 is 15.7 Å². The molecule has 0 bridgehead atoms. The van der Waals surface area contributed by atoms with E-state index in [0.717, 1.165) is 25.2 Å². The Morgan fingerprint density at radius 2 is 2.29 bits per heavy atom. The lowest BCUT2D eigenvalue weighted by molar-refractivity contribution is 0.289. The quantitative estimate of drug-likeness (QED) is 0.732. The molecule has 0 spiro atoms. The number of rotatable bonds is 5. The van der Waals surface area contributed by atoms with Crippen molar-refractivity contribution < 1.29 is 5.11 Å². The van der Waals surface area contributed by atoms with E-state index in [1.165, 1.54) is 0 Å². The fourth-order valence-corrected chi connectivity index (χ4v) is 1.32. The smallest absolute Gasteiger partial charge is 0.123 e. The van der Waals surface area contributed by atoms with Gasteiger partial charge in [0.2, 0.25) is 0 Å². The zero-order chi connectivity index (χ0) is 10.4. The average Bonchev–Trinajstić information content (AvgIpc) is 2.21. The van der Waals surface area contributed by atoms with Crippen molar-refractivity contribution in [3.8, 4) is 0 Å². The van der Waals surface area contributed by atoms with Crippen LogP contribution in [-0.2, 0) is 0 Å². The molecule has 0 saturated carbocycles. The Hall–Kier alpha value is -1.29. The van der Waals surface area contributed by atoms with E-state index in [4.69, 9.17) is 10.8 Å². The second kappa shape index (κ2) is 5.44. The molecule has 0 amide bonds. The van der Waals surface area contributed by atoms with Crippen molar-refractivity contribution in [3.05, 3.63) is 18.3 Å². The molecule has 0 atom stereocenters. The minimum Gasteiger partial charge on any atom is -0.396 e. The molecule has 0 aliphatic heterocycles. The summed E-state index contributed by atoms with van der Waals surface area (Å²) in [5.74, 6) is 0.534. The highest BCUT2D eigenvalue weighted by atomic mass is 16.3. The van der Waals surface area contributed by atoms with E-state index in [9.17, 15) is 0 Å². The fraction of sp³-hybridized carbons (Fsp3) is 0.500. The Labute approximate surface area is 84.4 Å². The summed E-state index contributed by atoms with van der Waals surface area (Å²) in [5, 5.41) is 8.74. The average molecular weight is 195 g/mol. The van der Waals surface area contributed by atoms with E-state index < -0.39 is 0 Å². The molecule has 1 rings (SSSR count). The number of aliphatic hydroxyl groups excluding tert-OH is 1. The van der Waals surface area contributed by atoms with E-state index in [2.05, 4.69) is 16.8 Å². The Morgan fingerprint density at radius 3 is 2.79 bits per heavy atom. The molecule has 78 valence electrons. The molecule has 0 radical (unpaired) electrons. The van der Waals surface area contributed by atoms with Gasteiger partial charge >= 0.3 is 0 Å². The molecule has 4 nitrogen and oxygen atoms in total. The van der Waals surface area contributed by atoms with Crippen LogP contribution < -0.4 is 10.6 Å². The summed E-state index contributed by atoms with van der Waals surface area (Å²) < 4.78 is 0. The molecule has 0 aliphatic rings. The van der Waals surface area contributed by atoms with Crippen LogP contribution in [0.1, 0.15) is 13.3 Å². The summed E-state index contributed by atoms with van der Waals surface area (Å²) >= 11 is 0. The molecular weight excluding hydrogens is 178 g/mol. The van der Waals surface area contributed by atoms with Crippen LogP contribution in [0.25, 0.3) is 0 Å². The number of nitrogen functional groups attached to an aromatic ring is 1. The predicted octanol–water partition coefficient (Wildman–Crippen LogP) is 0.873. The zero-order valence-electron chi connectivity index (χ0n) is 8.48. The van der Waals surface area contributed by atoms with Gasteiger partial charge in [-0.15, -0.1) is 0 Å². The lowest BCUT2D eigenvalue weighted by Gasteiger charge is -2.22. The van der Waals surface area contributed by atoms with Gasteiger partial charge in [0.05, 0.1) is 11.9 Å². The standard InChI is InChI=1S/C10H17N3O/c1-2-13(6-3-7-14)9-4-5-10(11)12-8-9/h4-5,8,14H,2-3,6-7H2,1H3,(H2,11,12). The van der Waals surface area contributed by atoms with E-state index in [0.29, 0.717) is 5.82 Å². The number of hydrogen-bond acceptors (Lipinski definition) is 4. The highest BCUT2D eigenvalue weighted by Crippen LogP contribution is 2.13. The lowest BCUT2D eigenvalue weighted by Crippen LogP contribution is -2.24. The number of anilines is 2. The third kappa shape index (κ3) is 2.88. The van der Waals surface area contributed by atoms with Crippen LogP contribution in [0.5, 0.6) is 0 Å². The molecule has 0 fully saturated rings. The molecule has 0 aromatic carbocycles. The minimum atomic E-state index is 0.221. The number of hydrogen-bond donors (Lipinski definition) is 2. The fourth-order valence-electron chi connectivity index (χ4n) is 1.32. The topological polar surface area (TPSA) is 62.4 Å². The van der Waals surface area contributed by atoms with E-state index in [1.54, 1.807) is 12.3 Å². The van der Waals surface area contributed by atoms with Crippen LogP contribution in [0.15, 0.2) is 18.3 Å². The van der Waals surface area contributed by atoms with Crippen LogP contribution in [0.2, 0.25) is 0 Å². The molecule has 3 N–H and O–H groups in total. The monoisotopic (exact) mass is 195 g/mol. The van der Waals surface area contributed by atoms with Gasteiger partial charge in [0.1, 0.15) is 5.82 Å². The summed E-state index contributed by atoms with van der Waals surface area (Å²) in [4.78, 5) is 6.19. The minimum absolute atomic E-state index is 0.221. The summed E-state index contributed by atoms with van der Waals surface area (Å²) in [6, 6.07) is 3.74. The van der Waals surface area contributed by atoms with Gasteiger partial charge in [-0.25, -0.2) is 4.98 Å². The molecule has 0 unspecified atom stereocenters. The van der Waals surface area contributed by atoms with Gasteiger partial charge in [0, 0.05) is 19.7 Å². The number of aliphatic hydroxyl groups is 1. The van der Waals surface area contributed by atoms with Crippen molar-refractivity contribution in [2.24, 2.45) is 0 Å². The second-order valence-corrected chi connectivity index (χ2v) is 3.10. The van der Waals surface area contributed by atoms with Gasteiger partial charge in [0.15, 0.2) is 0 Å². The number of pyridine rings is 1. The maximum atomic E-state index is 8.74. The first-order valence-electron chi connectivity index (χ1n) is 4.85. The largest absolute Gasteiger partial charge is 0.396 e. The third-order valence-electron chi connectivity index (χ3n) is 2.10. The van der Waals surface area contributed by atoms with Crippen molar-refractivity contribution in [3.63, 3.8) is 0 Å². The summed E-state index contributed by atoms with van der Waals surface area (Å²) in [6.45, 7) is 4.05. The first-order chi connectivity index (χ1) is 6.77. The number of nitrogens with zero attached hydrogens (tertiary/aromatic N) is 2. The van der Waals surface area contributed by atoms with Crippen LogP contribution in [-0.4, -0.2) is 29.8 Å². The van der Waals surface area contributed by atoms with Gasteiger partial charge in [-0.1, -0.05) is 0 Å². The van der Waals surface area contributed by atoms with Crippen LogP contribution in [0.3, 0.4) is 0 Å². The number of nitrogens with two attached hydrogens (primary N) is 1. The SMILES string of the molecule is CCN(CCCO)c1ccc(N)nc1. The van der Waals surface area contributed by atoms with Gasteiger partial charge in [-0.3, -0.25) is 0 Å². The van der Waals surface area contributed by atoms with Crippen molar-refractivity contribution in [2.45, 2.75) is 13.3 Å². The Kier molecular flexibility index (Phi) is 4.19. The molecule has 1 heterocycles. The zero-order valence-corrected chi connectivity index (χ0v) is 8.48. The molecule has 14 heavy (non-hydrogen) atoms. The highest BCUT2D eigenvalue weighted by molar-refractivity contribution is 5.47. The molecule has 1 aromatic heterocycles. The van der Waals surface area contributed by atoms with Gasteiger partial charge in [0.25, 0.3) is 0 Å². The molecule has 0 saturated heterocycles. The maximum Gasteiger partial charge on any atom is 0.123 e. The summed E-state index contributed by atoms with van der Waals surface area (Å²) in [5.41, 5.74) is 6.55. The Balaban J connectivity index is 2.64. The van der Waals surface area contributed by atoms with E-state index in [-0.39, 0.29) is 6.61 Å². The first-order valence-corrected chi connectivity index (χ1v) is 4.85. The van der Waals surface area contributed by atoms with E-state index in [1.807, 2.05) is 6.07 Å². The third-order valence-corrected chi connectivity index (χ3v) is 2.10. The van der Waals surface area contributed by atoms with Crippen molar-refractivity contribution >= 4 is 11.5 Å². The molecular formula is C10H17N3O. The molecule has 0 aliphatic carbocycles. The summed E-state index contributed by atoms with van der Waals surface area (Å²) in [7, 11) is 0. The van der Waals surface area contributed by atoms with Gasteiger partial charge in [-0.05, 0) is 25.5 Å². The first kappa shape index (κ1) is 10.8. The number of aromatic nitrogens is 1. The van der Waals surface area contributed by atoms with Crippen LogP contribution >= 0.6 is 0 Å². The lowest BCUT2D eigenvalue weighted by atomic mass is 10.3. The van der Waals surface area contributed by atoms with E-state index >= 15 is 0 Å². The van der Waals surface area contributed by atoms with Crippen LogP contribution in [0.4, 0.5) is 11.5 Å².